The highest BCUT2D eigenvalue weighted by molar-refractivity contribution is 6.15. The number of rotatable bonds is 1. The molecule has 0 aliphatic heterocycles. The second kappa shape index (κ2) is 6.06. The van der Waals surface area contributed by atoms with Crippen molar-refractivity contribution in [3.05, 3.63) is 12.2 Å². The van der Waals surface area contributed by atoms with Crippen molar-refractivity contribution >= 4 is 17.6 Å². The highest BCUT2D eigenvalue weighted by Crippen LogP contribution is 2.09. The molecule has 0 bridgehead atoms. The molecule has 12 heavy (non-hydrogen) atoms. The Morgan fingerprint density at radius 2 is 1.67 bits per heavy atom. The maximum atomic E-state index is 10.8. The molecule has 3 heteroatoms. The number of alkyl halides is 1. The van der Waals surface area contributed by atoms with Crippen molar-refractivity contribution in [2.45, 2.75) is 33.3 Å². The first-order chi connectivity index (χ1) is 5.33. The molecule has 2 nitrogen and oxygen atoms in total. The third-order valence-electron chi connectivity index (χ3n) is 0.747. The largest absolute Gasteiger partial charge is 0.457 e. The quantitative estimate of drug-likeness (QED) is 0.363. The third kappa shape index (κ3) is 9.50. The molecule has 0 heterocycles. The lowest BCUT2D eigenvalue weighted by Gasteiger charge is -2.19. The number of esters is 1. The van der Waals surface area contributed by atoms with E-state index in [9.17, 15) is 4.79 Å². The van der Waals surface area contributed by atoms with E-state index in [0.717, 1.165) is 0 Å². The molecular weight excluding hydrogens is 176 g/mol. The molecule has 0 radical (unpaired) electrons. The van der Waals surface area contributed by atoms with Gasteiger partial charge in [0.15, 0.2) is 0 Å². The number of carbonyl (C=O) groups is 1. The fourth-order valence-electron chi connectivity index (χ4n) is 0.365. The molecule has 0 aromatic carbocycles. The molecule has 0 aromatic heterocycles. The Morgan fingerprint density at radius 3 is 1.75 bits per heavy atom. The fraction of sp³-hybridized carbons (Fsp3) is 0.667. The van der Waals surface area contributed by atoms with E-state index in [1.165, 1.54) is 6.38 Å². The van der Waals surface area contributed by atoms with Gasteiger partial charge in [0.05, 0.1) is 0 Å². The van der Waals surface area contributed by atoms with E-state index in [1.807, 2.05) is 20.8 Å². The van der Waals surface area contributed by atoms with Crippen molar-refractivity contribution in [1.82, 2.24) is 0 Å². The van der Waals surface area contributed by atoms with Gasteiger partial charge in [-0.3, -0.25) is 0 Å². The fourth-order valence-corrected chi connectivity index (χ4v) is 0.365. The highest BCUT2D eigenvalue weighted by Gasteiger charge is 2.15. The summed E-state index contributed by atoms with van der Waals surface area (Å²) in [5.41, 5.74) is 0.0330. The summed E-state index contributed by atoms with van der Waals surface area (Å²) >= 11 is 4.64. The third-order valence-corrected chi connectivity index (χ3v) is 0.747. The SMILES string of the molecule is C=C(C)C(=O)OC(C)(C)C.CCl. The molecule has 72 valence electrons. The van der Waals surface area contributed by atoms with Gasteiger partial charge in [0.25, 0.3) is 0 Å². The van der Waals surface area contributed by atoms with Crippen molar-refractivity contribution in [3.8, 4) is 0 Å². The van der Waals surface area contributed by atoms with Gasteiger partial charge in [-0.05, 0) is 27.7 Å². The lowest BCUT2D eigenvalue weighted by molar-refractivity contribution is -0.149. The van der Waals surface area contributed by atoms with Gasteiger partial charge in [-0.25, -0.2) is 4.79 Å². The van der Waals surface area contributed by atoms with Crippen molar-refractivity contribution in [1.29, 1.82) is 0 Å². The van der Waals surface area contributed by atoms with Gasteiger partial charge in [-0.1, -0.05) is 6.58 Å². The van der Waals surface area contributed by atoms with Gasteiger partial charge < -0.3 is 4.74 Å². The van der Waals surface area contributed by atoms with E-state index >= 15 is 0 Å². The van der Waals surface area contributed by atoms with E-state index in [-0.39, 0.29) is 5.97 Å². The molecule has 0 atom stereocenters. The van der Waals surface area contributed by atoms with Crippen molar-refractivity contribution in [3.63, 3.8) is 0 Å². The Morgan fingerprint density at radius 1 is 1.33 bits per heavy atom. The lowest BCUT2D eigenvalue weighted by atomic mass is 10.2. The predicted molar refractivity (Wildman–Crippen MR) is 52.4 cm³/mol. The van der Waals surface area contributed by atoms with Crippen LogP contribution in [0.15, 0.2) is 12.2 Å². The van der Waals surface area contributed by atoms with E-state index in [1.54, 1.807) is 6.92 Å². The first-order valence-corrected chi connectivity index (χ1v) is 4.35. The Hall–Kier alpha value is -0.500. The molecular formula is C9H17ClO2. The first-order valence-electron chi connectivity index (χ1n) is 3.59. The topological polar surface area (TPSA) is 26.3 Å². The minimum atomic E-state index is -0.407. The minimum absolute atomic E-state index is 0.326. The molecule has 0 rings (SSSR count). The Kier molecular flexibility index (Phi) is 7.10. The Labute approximate surface area is 79.6 Å². The summed E-state index contributed by atoms with van der Waals surface area (Å²) in [4.78, 5) is 10.8. The zero-order valence-corrected chi connectivity index (χ0v) is 9.16. The van der Waals surface area contributed by atoms with Crippen molar-refractivity contribution in [2.75, 3.05) is 6.38 Å². The number of hydrogen-bond donors (Lipinski definition) is 0. The summed E-state index contributed by atoms with van der Waals surface area (Å²) in [6.45, 7) is 10.6. The summed E-state index contributed by atoms with van der Waals surface area (Å²) in [5, 5.41) is 0. The van der Waals surface area contributed by atoms with Crippen LogP contribution in [0.25, 0.3) is 0 Å². The predicted octanol–water partition coefficient (Wildman–Crippen LogP) is 2.76. The molecule has 0 aliphatic carbocycles. The number of halogens is 1. The van der Waals surface area contributed by atoms with E-state index < -0.39 is 5.60 Å². The standard InChI is InChI=1S/C8H14O2.CH3Cl/c1-6(2)7(9)10-8(3,4)5;1-2/h1H2,2-5H3;1H3. The van der Waals surface area contributed by atoms with Crippen LogP contribution in [0, 0.1) is 0 Å². The van der Waals surface area contributed by atoms with E-state index in [2.05, 4.69) is 18.2 Å². The van der Waals surface area contributed by atoms with Gasteiger partial charge >= 0.3 is 5.97 Å². The van der Waals surface area contributed by atoms with Crippen LogP contribution in [0.5, 0.6) is 0 Å². The van der Waals surface area contributed by atoms with Gasteiger partial charge in [0.2, 0.25) is 0 Å². The van der Waals surface area contributed by atoms with Crippen LogP contribution in [0.4, 0.5) is 0 Å². The average molecular weight is 193 g/mol. The molecule has 0 amide bonds. The summed E-state index contributed by atoms with van der Waals surface area (Å²) in [6, 6.07) is 0. The highest BCUT2D eigenvalue weighted by atomic mass is 35.5. The molecule has 0 N–H and O–H groups in total. The maximum absolute atomic E-state index is 10.8. The van der Waals surface area contributed by atoms with Crippen LogP contribution in [-0.2, 0) is 9.53 Å². The van der Waals surface area contributed by atoms with Crippen LogP contribution in [0.3, 0.4) is 0 Å². The average Bonchev–Trinajstić information content (AvgIpc) is 1.88. The second-order valence-corrected chi connectivity index (χ2v) is 3.28. The zero-order valence-electron chi connectivity index (χ0n) is 8.40. The normalized spacial score (nSPS) is 9.50. The molecule has 0 unspecified atom stereocenters. The number of hydrogen-bond acceptors (Lipinski definition) is 2. The molecule has 0 aliphatic rings. The molecule has 0 saturated heterocycles. The summed E-state index contributed by atoms with van der Waals surface area (Å²) in [7, 11) is 0. The summed E-state index contributed by atoms with van der Waals surface area (Å²) in [6.07, 6.45) is 1.47. The van der Waals surface area contributed by atoms with Crippen molar-refractivity contribution < 1.29 is 9.53 Å². The molecule has 0 aromatic rings. The minimum Gasteiger partial charge on any atom is -0.457 e. The van der Waals surface area contributed by atoms with Crippen LogP contribution in [-0.4, -0.2) is 18.0 Å². The maximum Gasteiger partial charge on any atom is 0.333 e. The van der Waals surface area contributed by atoms with Gasteiger partial charge in [0.1, 0.15) is 5.60 Å². The monoisotopic (exact) mass is 192 g/mol. The lowest BCUT2D eigenvalue weighted by Crippen LogP contribution is -2.23. The number of ether oxygens (including phenoxy) is 1. The van der Waals surface area contributed by atoms with E-state index in [4.69, 9.17) is 4.74 Å². The first kappa shape index (κ1) is 14.0. The van der Waals surface area contributed by atoms with E-state index in [0.29, 0.717) is 5.57 Å². The summed E-state index contributed by atoms with van der Waals surface area (Å²) in [5.74, 6) is -0.326. The van der Waals surface area contributed by atoms with Gasteiger partial charge in [0, 0.05) is 12.0 Å². The van der Waals surface area contributed by atoms with Crippen molar-refractivity contribution in [2.24, 2.45) is 0 Å². The Bertz CT molecular complexity index is 156. The van der Waals surface area contributed by atoms with Crippen LogP contribution >= 0.6 is 11.6 Å². The molecule has 0 fully saturated rings. The zero-order chi connectivity index (χ0) is 10.4. The van der Waals surface area contributed by atoms with Gasteiger partial charge in [-0.15, -0.1) is 11.6 Å². The van der Waals surface area contributed by atoms with Gasteiger partial charge in [-0.2, -0.15) is 0 Å². The second-order valence-electron chi connectivity index (χ2n) is 3.28. The molecule has 0 saturated carbocycles. The van der Waals surface area contributed by atoms with Crippen LogP contribution in [0.1, 0.15) is 27.7 Å². The smallest absolute Gasteiger partial charge is 0.333 e. The molecule has 0 spiro atoms. The Balaban J connectivity index is 0. The summed E-state index contributed by atoms with van der Waals surface area (Å²) < 4.78 is 4.96. The number of carbonyl (C=O) groups excluding carboxylic acids is 1. The van der Waals surface area contributed by atoms with Crippen LogP contribution in [0.2, 0.25) is 0 Å². The van der Waals surface area contributed by atoms with Crippen LogP contribution < -0.4 is 0 Å².